The van der Waals surface area contributed by atoms with E-state index in [4.69, 9.17) is 9.47 Å². The van der Waals surface area contributed by atoms with Gasteiger partial charge in [0.05, 0.1) is 18.7 Å². The number of ether oxygens (including phenoxy) is 2. The Morgan fingerprint density at radius 3 is 2.45 bits per heavy atom. The summed E-state index contributed by atoms with van der Waals surface area (Å²) in [6.07, 6.45) is 0. The van der Waals surface area contributed by atoms with E-state index in [2.05, 4.69) is 34.5 Å². The van der Waals surface area contributed by atoms with Gasteiger partial charge in [-0.15, -0.1) is 10.2 Å². The second kappa shape index (κ2) is 13.9. The number of aromatic nitrogens is 2. The van der Waals surface area contributed by atoms with Crippen LogP contribution in [-0.2, 0) is 21.9 Å². The topological polar surface area (TPSA) is 102 Å². The van der Waals surface area contributed by atoms with E-state index in [1.807, 2.05) is 48.5 Å². The van der Waals surface area contributed by atoms with Crippen LogP contribution in [-0.4, -0.2) is 34.1 Å². The molecule has 1 N–H and O–H groups in total. The third kappa shape index (κ3) is 6.50. The molecule has 244 valence electrons. The zero-order valence-electron chi connectivity index (χ0n) is 26.1. The van der Waals surface area contributed by atoms with Crippen LogP contribution in [0.2, 0.25) is 0 Å². The Bertz CT molecular complexity index is 2200. The Hall–Kier alpha value is -5.52. The lowest BCUT2D eigenvalue weighted by molar-refractivity contribution is -0.132. The van der Waals surface area contributed by atoms with E-state index in [0.29, 0.717) is 28.0 Å². The molecule has 2 heterocycles. The number of amides is 1. The molecule has 0 aliphatic carbocycles. The van der Waals surface area contributed by atoms with Crippen LogP contribution in [0, 0.1) is 5.82 Å². The van der Waals surface area contributed by atoms with Gasteiger partial charge in [-0.2, -0.15) is 0 Å². The molecule has 11 heteroatoms. The zero-order valence-corrected chi connectivity index (χ0v) is 27.7. The third-order valence-corrected chi connectivity index (χ3v) is 10.3. The Labute approximate surface area is 289 Å². The molecule has 0 bridgehead atoms. The van der Waals surface area contributed by atoms with Gasteiger partial charge in [-0.25, -0.2) is 4.39 Å². The molecule has 1 amide bonds. The van der Waals surface area contributed by atoms with E-state index in [1.165, 1.54) is 47.2 Å². The minimum absolute atomic E-state index is 0.0210. The highest BCUT2D eigenvalue weighted by Crippen LogP contribution is 2.44. The van der Waals surface area contributed by atoms with Gasteiger partial charge in [0.25, 0.3) is 5.78 Å². The molecule has 1 aromatic heterocycles. The molecule has 1 fully saturated rings. The average Bonchev–Trinajstić information content (AvgIpc) is 3.71. The summed E-state index contributed by atoms with van der Waals surface area (Å²) in [6, 6.07) is 33.6. The fourth-order valence-corrected chi connectivity index (χ4v) is 7.59. The number of halogens is 1. The number of aliphatic hydroxyl groups excluding tert-OH is 1. The molecule has 0 saturated carbocycles. The van der Waals surface area contributed by atoms with E-state index < -0.39 is 29.3 Å². The fraction of sp³-hybridized carbons (Fsp3) is 0.105. The molecule has 1 aliphatic rings. The first kappa shape index (κ1) is 32.0. The second-order valence-corrected chi connectivity index (χ2v) is 13.3. The van der Waals surface area contributed by atoms with Gasteiger partial charge in [-0.05, 0) is 57.8 Å². The lowest BCUT2D eigenvalue weighted by Gasteiger charge is -2.22. The number of hydrogen-bond donors (Lipinski definition) is 1. The van der Waals surface area contributed by atoms with E-state index in [9.17, 15) is 19.1 Å². The van der Waals surface area contributed by atoms with E-state index in [1.54, 1.807) is 24.3 Å². The first-order valence-corrected chi connectivity index (χ1v) is 17.1. The standard InChI is InChI=1S/C38H28FN3O5S2/c1-46-31-19-16-26(20-30(31)39)34(43)32-33(25-14-17-28(18-15-25)47-21-23-8-3-2-4-9-23)42(36(45)35(32)44)37-40-41-38(49-37)48-22-27-12-7-11-24-10-5-6-13-29(24)27/h2-20,33,43H,21-22H2,1H3. The number of carbonyl (C=O) groups excluding carboxylic acids is 2. The largest absolute Gasteiger partial charge is 0.507 e. The van der Waals surface area contributed by atoms with Gasteiger partial charge in [0, 0.05) is 11.3 Å². The molecule has 1 unspecified atom stereocenters. The van der Waals surface area contributed by atoms with Crippen molar-refractivity contribution in [2.24, 2.45) is 0 Å². The number of carbonyl (C=O) groups is 2. The Balaban J connectivity index is 1.22. The minimum atomic E-state index is -1.07. The molecule has 1 aliphatic heterocycles. The highest BCUT2D eigenvalue weighted by molar-refractivity contribution is 8.00. The van der Waals surface area contributed by atoms with Gasteiger partial charge in [0.15, 0.2) is 15.9 Å². The number of rotatable bonds is 10. The van der Waals surface area contributed by atoms with Crippen LogP contribution >= 0.6 is 23.1 Å². The molecule has 5 aromatic carbocycles. The van der Waals surface area contributed by atoms with Crippen molar-refractivity contribution in [2.75, 3.05) is 12.0 Å². The number of thioether (sulfide) groups is 1. The monoisotopic (exact) mass is 689 g/mol. The molecule has 6 aromatic rings. The molecule has 49 heavy (non-hydrogen) atoms. The van der Waals surface area contributed by atoms with Crippen LogP contribution in [0.4, 0.5) is 9.52 Å². The number of benzene rings is 5. The average molecular weight is 690 g/mol. The van der Waals surface area contributed by atoms with Crippen molar-refractivity contribution in [1.29, 1.82) is 0 Å². The zero-order chi connectivity index (χ0) is 33.9. The number of hydrogen-bond acceptors (Lipinski definition) is 9. The predicted molar refractivity (Wildman–Crippen MR) is 188 cm³/mol. The maximum absolute atomic E-state index is 14.7. The van der Waals surface area contributed by atoms with Crippen LogP contribution in [0.3, 0.4) is 0 Å². The van der Waals surface area contributed by atoms with E-state index in [0.717, 1.165) is 28.0 Å². The molecule has 1 saturated heterocycles. The summed E-state index contributed by atoms with van der Waals surface area (Å²) in [5.41, 5.74) is 2.46. The van der Waals surface area contributed by atoms with Crippen LogP contribution in [0.5, 0.6) is 11.5 Å². The maximum Gasteiger partial charge on any atom is 0.301 e. The van der Waals surface area contributed by atoms with E-state index in [-0.39, 0.29) is 22.0 Å². The predicted octanol–water partition coefficient (Wildman–Crippen LogP) is 8.34. The van der Waals surface area contributed by atoms with Crippen molar-refractivity contribution in [3.8, 4) is 11.5 Å². The number of nitrogens with zero attached hydrogens (tertiary/aromatic N) is 3. The highest BCUT2D eigenvalue weighted by atomic mass is 32.2. The minimum Gasteiger partial charge on any atom is -0.507 e. The Kier molecular flexibility index (Phi) is 9.10. The fourth-order valence-electron chi connectivity index (χ4n) is 5.72. The van der Waals surface area contributed by atoms with E-state index >= 15 is 0 Å². The number of aliphatic hydroxyl groups is 1. The van der Waals surface area contributed by atoms with Crippen LogP contribution in [0.15, 0.2) is 125 Å². The number of methoxy groups -OCH3 is 1. The van der Waals surface area contributed by atoms with Gasteiger partial charge >= 0.3 is 5.91 Å². The smallest absolute Gasteiger partial charge is 0.301 e. The Morgan fingerprint density at radius 2 is 1.67 bits per heavy atom. The van der Waals surface area contributed by atoms with Crippen LogP contribution < -0.4 is 14.4 Å². The molecule has 8 nitrogen and oxygen atoms in total. The van der Waals surface area contributed by atoms with Crippen molar-refractivity contribution >= 4 is 56.5 Å². The number of anilines is 1. The van der Waals surface area contributed by atoms with Crippen molar-refractivity contribution in [3.63, 3.8) is 0 Å². The van der Waals surface area contributed by atoms with Crippen molar-refractivity contribution in [3.05, 3.63) is 149 Å². The summed E-state index contributed by atoms with van der Waals surface area (Å²) in [5, 5.41) is 22.6. The normalized spacial score (nSPS) is 15.6. The quantitative estimate of drug-likeness (QED) is 0.0504. The summed E-state index contributed by atoms with van der Waals surface area (Å²) in [7, 11) is 1.33. The molecule has 0 radical (unpaired) electrons. The number of Topliss-reactive ketones (excluding diaryl/α,β-unsaturated/α-hetero) is 1. The van der Waals surface area contributed by atoms with Gasteiger partial charge in [0.2, 0.25) is 5.13 Å². The van der Waals surface area contributed by atoms with Gasteiger partial charge in [-0.3, -0.25) is 14.5 Å². The van der Waals surface area contributed by atoms with Gasteiger partial charge in [-0.1, -0.05) is 108 Å². The SMILES string of the molecule is COc1ccc(C(O)=C2C(=O)C(=O)N(c3nnc(SCc4cccc5ccccc45)s3)C2c2ccc(OCc3ccccc3)cc2)cc1F. The summed E-state index contributed by atoms with van der Waals surface area (Å²) in [5.74, 6) is -1.89. The first-order valence-electron chi connectivity index (χ1n) is 15.3. The van der Waals surface area contributed by atoms with Gasteiger partial charge < -0.3 is 14.6 Å². The summed E-state index contributed by atoms with van der Waals surface area (Å²) in [4.78, 5) is 28.6. The van der Waals surface area contributed by atoms with Crippen molar-refractivity contribution < 1.29 is 28.6 Å². The molecule has 0 spiro atoms. The second-order valence-electron chi connectivity index (χ2n) is 11.1. The lowest BCUT2D eigenvalue weighted by atomic mass is 9.95. The highest BCUT2D eigenvalue weighted by Gasteiger charge is 2.48. The number of ketones is 1. The first-order chi connectivity index (χ1) is 23.9. The molecule has 7 rings (SSSR count). The molecular weight excluding hydrogens is 662 g/mol. The third-order valence-electron chi connectivity index (χ3n) is 8.15. The van der Waals surface area contributed by atoms with Crippen molar-refractivity contribution in [1.82, 2.24) is 10.2 Å². The van der Waals surface area contributed by atoms with Crippen LogP contribution in [0.25, 0.3) is 16.5 Å². The number of fused-ring (bicyclic) bond motifs is 1. The van der Waals surface area contributed by atoms with Crippen LogP contribution in [0.1, 0.15) is 28.3 Å². The summed E-state index contributed by atoms with van der Waals surface area (Å²) >= 11 is 2.65. The summed E-state index contributed by atoms with van der Waals surface area (Å²) in [6.45, 7) is 0.353. The Morgan fingerprint density at radius 1 is 0.918 bits per heavy atom. The summed E-state index contributed by atoms with van der Waals surface area (Å²) < 4.78 is 26.3. The molecule has 1 atom stereocenters. The van der Waals surface area contributed by atoms with Gasteiger partial charge in [0.1, 0.15) is 18.1 Å². The maximum atomic E-state index is 14.7. The molecular formula is C38H28FN3O5S2. The lowest BCUT2D eigenvalue weighted by Crippen LogP contribution is -2.29. The van der Waals surface area contributed by atoms with Crippen molar-refractivity contribution in [2.45, 2.75) is 22.7 Å².